The first-order valence-electron chi connectivity index (χ1n) is 8.25. The van der Waals surface area contributed by atoms with Gasteiger partial charge >= 0.3 is 5.97 Å². The highest BCUT2D eigenvalue weighted by Gasteiger charge is 2.29. The lowest BCUT2D eigenvalue weighted by molar-refractivity contribution is -0.137. The van der Waals surface area contributed by atoms with Crippen molar-refractivity contribution in [3.63, 3.8) is 0 Å². The molecule has 0 aliphatic carbocycles. The maximum atomic E-state index is 12.1. The highest BCUT2D eigenvalue weighted by Crippen LogP contribution is 2.11. The molecular formula is C15H30ClN3O6S. The molecule has 1 saturated heterocycles. The molecule has 0 aromatic rings. The number of halogens is 1. The van der Waals surface area contributed by atoms with Gasteiger partial charge in [0.15, 0.2) is 0 Å². The summed E-state index contributed by atoms with van der Waals surface area (Å²) in [5.41, 5.74) is -0.280. The van der Waals surface area contributed by atoms with Gasteiger partial charge < -0.3 is 15.2 Å². The molecule has 0 radical (unpaired) electrons. The SMILES string of the molecule is CCC(C)(C)NC(=O)CN1CCOC(CN(CC(=O)O)S(C)(=O)=O)C1.Cl. The van der Waals surface area contributed by atoms with E-state index >= 15 is 0 Å². The molecule has 0 aromatic heterocycles. The summed E-state index contributed by atoms with van der Waals surface area (Å²) in [5, 5.41) is 11.8. The molecule has 154 valence electrons. The monoisotopic (exact) mass is 415 g/mol. The zero-order chi connectivity index (χ0) is 19.3. The van der Waals surface area contributed by atoms with Crippen LogP contribution in [-0.4, -0.2) is 91.8 Å². The van der Waals surface area contributed by atoms with Crippen LogP contribution in [0.4, 0.5) is 0 Å². The molecule has 1 heterocycles. The van der Waals surface area contributed by atoms with Gasteiger partial charge in [0, 0.05) is 25.2 Å². The van der Waals surface area contributed by atoms with Crippen LogP contribution in [0.25, 0.3) is 0 Å². The zero-order valence-electron chi connectivity index (χ0n) is 15.7. The van der Waals surface area contributed by atoms with E-state index in [-0.39, 0.29) is 36.9 Å². The number of hydrogen-bond acceptors (Lipinski definition) is 6. The summed E-state index contributed by atoms with van der Waals surface area (Å²) < 4.78 is 29.9. The van der Waals surface area contributed by atoms with Gasteiger partial charge in [0.05, 0.1) is 25.5 Å². The van der Waals surface area contributed by atoms with Gasteiger partial charge in [-0.05, 0) is 20.3 Å². The van der Waals surface area contributed by atoms with Gasteiger partial charge in [-0.1, -0.05) is 6.92 Å². The number of carboxylic acid groups (broad SMARTS) is 1. The summed E-state index contributed by atoms with van der Waals surface area (Å²) in [4.78, 5) is 24.9. The summed E-state index contributed by atoms with van der Waals surface area (Å²) >= 11 is 0. The number of carbonyl (C=O) groups excluding carboxylic acids is 1. The van der Waals surface area contributed by atoms with E-state index in [1.807, 2.05) is 25.7 Å². The normalized spacial score (nSPS) is 19.0. The lowest BCUT2D eigenvalue weighted by Gasteiger charge is -2.35. The maximum absolute atomic E-state index is 12.1. The van der Waals surface area contributed by atoms with Crippen molar-refractivity contribution in [1.82, 2.24) is 14.5 Å². The Balaban J connectivity index is 0.00000625. The van der Waals surface area contributed by atoms with Gasteiger partial charge in [-0.25, -0.2) is 8.42 Å². The number of carbonyl (C=O) groups is 2. The lowest BCUT2D eigenvalue weighted by Crippen LogP contribution is -2.53. The molecule has 26 heavy (non-hydrogen) atoms. The minimum Gasteiger partial charge on any atom is -0.480 e. The van der Waals surface area contributed by atoms with Crippen LogP contribution in [0.1, 0.15) is 27.2 Å². The third-order valence-electron chi connectivity index (χ3n) is 4.14. The van der Waals surface area contributed by atoms with Crippen molar-refractivity contribution in [1.29, 1.82) is 0 Å². The second kappa shape index (κ2) is 10.4. The number of aliphatic carboxylic acids is 1. The Bertz CT molecular complexity index is 584. The second-order valence-electron chi connectivity index (χ2n) is 6.96. The van der Waals surface area contributed by atoms with Crippen LogP contribution in [0.2, 0.25) is 0 Å². The number of carboxylic acids is 1. The molecule has 1 fully saturated rings. The number of morpholine rings is 1. The fourth-order valence-corrected chi connectivity index (χ4v) is 3.22. The highest BCUT2D eigenvalue weighted by molar-refractivity contribution is 7.88. The van der Waals surface area contributed by atoms with E-state index in [0.29, 0.717) is 19.7 Å². The minimum atomic E-state index is -3.65. The molecule has 9 nitrogen and oxygen atoms in total. The van der Waals surface area contributed by atoms with Crippen LogP contribution < -0.4 is 5.32 Å². The average Bonchev–Trinajstić information content (AvgIpc) is 2.45. The van der Waals surface area contributed by atoms with Crippen molar-refractivity contribution in [2.75, 3.05) is 45.6 Å². The first kappa shape index (κ1) is 25.1. The predicted octanol–water partition coefficient (Wildman–Crippen LogP) is -0.240. The molecule has 1 rings (SSSR count). The van der Waals surface area contributed by atoms with Gasteiger partial charge in [0.25, 0.3) is 0 Å². The standard InChI is InChI=1S/C15H29N3O6S.ClH/c1-5-15(2,3)16-13(19)10-17-6-7-24-12(8-17)9-18(11-14(20)21)25(4,22)23;/h12H,5-11H2,1-4H3,(H,16,19)(H,20,21);1H. The summed E-state index contributed by atoms with van der Waals surface area (Å²) in [6.07, 6.45) is 1.30. The van der Waals surface area contributed by atoms with E-state index in [4.69, 9.17) is 9.84 Å². The fourth-order valence-electron chi connectivity index (χ4n) is 2.44. The molecule has 0 bridgehead atoms. The topological polar surface area (TPSA) is 116 Å². The third kappa shape index (κ3) is 9.13. The van der Waals surface area contributed by atoms with Gasteiger partial charge in [0.1, 0.15) is 6.54 Å². The van der Waals surface area contributed by atoms with Gasteiger partial charge in [-0.15, -0.1) is 12.4 Å². The number of sulfonamides is 1. The Morgan fingerprint density at radius 1 is 1.38 bits per heavy atom. The summed E-state index contributed by atoms with van der Waals surface area (Å²) in [6, 6.07) is 0. The smallest absolute Gasteiger partial charge is 0.318 e. The highest BCUT2D eigenvalue weighted by atomic mass is 35.5. The van der Waals surface area contributed by atoms with E-state index in [1.54, 1.807) is 0 Å². The van der Waals surface area contributed by atoms with Crippen molar-refractivity contribution in [2.24, 2.45) is 0 Å². The number of nitrogens with one attached hydrogen (secondary N) is 1. The summed E-state index contributed by atoms with van der Waals surface area (Å²) in [5.74, 6) is -1.32. The van der Waals surface area contributed by atoms with Crippen molar-refractivity contribution < 1.29 is 27.9 Å². The van der Waals surface area contributed by atoms with Crippen molar-refractivity contribution >= 4 is 34.3 Å². The summed E-state index contributed by atoms with van der Waals surface area (Å²) in [7, 11) is -3.65. The van der Waals surface area contributed by atoms with E-state index in [9.17, 15) is 18.0 Å². The molecule has 1 aliphatic heterocycles. The van der Waals surface area contributed by atoms with E-state index in [2.05, 4.69) is 5.32 Å². The molecule has 11 heteroatoms. The van der Waals surface area contributed by atoms with E-state index < -0.39 is 28.6 Å². The predicted molar refractivity (Wildman–Crippen MR) is 100.0 cm³/mol. The van der Waals surface area contributed by atoms with Crippen molar-refractivity contribution in [3.8, 4) is 0 Å². The molecule has 1 atom stereocenters. The Morgan fingerprint density at radius 2 is 2.00 bits per heavy atom. The molecule has 0 aromatic carbocycles. The second-order valence-corrected chi connectivity index (χ2v) is 8.95. The van der Waals surface area contributed by atoms with Crippen LogP contribution in [0, 0.1) is 0 Å². The molecule has 0 saturated carbocycles. The molecular weight excluding hydrogens is 386 g/mol. The zero-order valence-corrected chi connectivity index (χ0v) is 17.4. The Hall–Kier alpha value is -0.940. The first-order chi connectivity index (χ1) is 11.4. The van der Waals surface area contributed by atoms with Crippen LogP contribution >= 0.6 is 12.4 Å². The minimum absolute atomic E-state index is 0. The molecule has 1 unspecified atom stereocenters. The Labute approximate surface area is 161 Å². The molecule has 0 spiro atoms. The van der Waals surface area contributed by atoms with Gasteiger partial charge in [-0.2, -0.15) is 4.31 Å². The number of hydrogen-bond donors (Lipinski definition) is 2. The molecule has 1 aliphatic rings. The quantitative estimate of drug-likeness (QED) is 0.533. The van der Waals surface area contributed by atoms with Crippen molar-refractivity contribution in [3.05, 3.63) is 0 Å². The number of ether oxygens (including phenoxy) is 1. The average molecular weight is 416 g/mol. The maximum Gasteiger partial charge on any atom is 0.318 e. The van der Waals surface area contributed by atoms with Crippen LogP contribution in [0.3, 0.4) is 0 Å². The van der Waals surface area contributed by atoms with Gasteiger partial charge in [-0.3, -0.25) is 14.5 Å². The Kier molecular flexibility index (Phi) is 10.0. The van der Waals surface area contributed by atoms with Crippen molar-refractivity contribution in [2.45, 2.75) is 38.8 Å². The van der Waals surface area contributed by atoms with Crippen LogP contribution in [-0.2, 0) is 24.3 Å². The first-order valence-corrected chi connectivity index (χ1v) is 10.1. The Morgan fingerprint density at radius 3 is 2.50 bits per heavy atom. The van der Waals surface area contributed by atoms with Crippen LogP contribution in [0.5, 0.6) is 0 Å². The number of amides is 1. The largest absolute Gasteiger partial charge is 0.480 e. The number of rotatable bonds is 9. The van der Waals surface area contributed by atoms with E-state index in [0.717, 1.165) is 17.0 Å². The van der Waals surface area contributed by atoms with Gasteiger partial charge in [0.2, 0.25) is 15.9 Å². The summed E-state index contributed by atoms with van der Waals surface area (Å²) in [6.45, 7) is 6.72. The number of nitrogens with zero attached hydrogens (tertiary/aromatic N) is 2. The lowest BCUT2D eigenvalue weighted by atomic mass is 10.0. The fraction of sp³-hybridized carbons (Fsp3) is 0.867. The third-order valence-corrected chi connectivity index (χ3v) is 5.36. The molecule has 2 N–H and O–H groups in total. The van der Waals surface area contributed by atoms with Crippen LogP contribution in [0.15, 0.2) is 0 Å². The van der Waals surface area contributed by atoms with E-state index in [1.165, 1.54) is 0 Å². The molecule has 1 amide bonds.